The first-order valence-electron chi connectivity index (χ1n) is 7.37. The summed E-state index contributed by atoms with van der Waals surface area (Å²) < 4.78 is 0. The highest BCUT2D eigenvalue weighted by Crippen LogP contribution is 2.27. The normalized spacial score (nSPS) is 20.1. The second-order valence-electron chi connectivity index (χ2n) is 6.57. The molecule has 0 bridgehead atoms. The summed E-state index contributed by atoms with van der Waals surface area (Å²) in [5, 5.41) is 9.17. The number of para-hydroxylation sites is 1. The molecule has 1 atom stereocenters. The summed E-state index contributed by atoms with van der Waals surface area (Å²) in [5.41, 5.74) is 2.48. The molecule has 3 nitrogen and oxygen atoms in total. The van der Waals surface area contributed by atoms with E-state index in [4.69, 9.17) is 5.26 Å². The fraction of sp³-hybridized carbons (Fsp3) is 0.588. The van der Waals surface area contributed by atoms with Crippen molar-refractivity contribution in [2.75, 3.05) is 25.0 Å². The van der Waals surface area contributed by atoms with Crippen molar-refractivity contribution < 1.29 is 0 Å². The van der Waals surface area contributed by atoms with Crippen LogP contribution in [0.1, 0.15) is 32.8 Å². The van der Waals surface area contributed by atoms with Crippen LogP contribution in [-0.4, -0.2) is 31.1 Å². The Morgan fingerprint density at radius 1 is 1.35 bits per heavy atom. The highest BCUT2D eigenvalue weighted by Gasteiger charge is 2.25. The van der Waals surface area contributed by atoms with E-state index < -0.39 is 0 Å². The average Bonchev–Trinajstić information content (AvgIpc) is 2.54. The molecule has 0 aromatic heterocycles. The van der Waals surface area contributed by atoms with Crippen molar-refractivity contribution in [2.24, 2.45) is 5.41 Å². The van der Waals surface area contributed by atoms with Gasteiger partial charge < -0.3 is 4.90 Å². The van der Waals surface area contributed by atoms with Crippen LogP contribution < -0.4 is 4.90 Å². The van der Waals surface area contributed by atoms with Gasteiger partial charge in [-0.3, -0.25) is 4.90 Å². The minimum atomic E-state index is -0.239. The molecule has 0 unspecified atom stereocenters. The lowest BCUT2D eigenvalue weighted by Crippen LogP contribution is -2.39. The van der Waals surface area contributed by atoms with Crippen LogP contribution in [0, 0.1) is 16.7 Å². The first kappa shape index (κ1) is 14.9. The van der Waals surface area contributed by atoms with Gasteiger partial charge in [-0.05, 0) is 38.8 Å². The minimum Gasteiger partial charge on any atom is -0.373 e. The minimum absolute atomic E-state index is 0.239. The van der Waals surface area contributed by atoms with Gasteiger partial charge in [0, 0.05) is 38.4 Å². The van der Waals surface area contributed by atoms with E-state index in [2.05, 4.69) is 54.1 Å². The molecule has 3 heteroatoms. The van der Waals surface area contributed by atoms with Crippen molar-refractivity contribution in [3.8, 4) is 6.07 Å². The quantitative estimate of drug-likeness (QED) is 0.845. The Morgan fingerprint density at radius 3 is 2.75 bits per heavy atom. The molecule has 1 aromatic rings. The Bertz CT molecular complexity index is 501. The van der Waals surface area contributed by atoms with E-state index in [-0.39, 0.29) is 5.41 Å². The van der Waals surface area contributed by atoms with E-state index >= 15 is 0 Å². The van der Waals surface area contributed by atoms with Gasteiger partial charge in [0.05, 0.1) is 11.5 Å². The highest BCUT2D eigenvalue weighted by molar-refractivity contribution is 5.53. The predicted molar refractivity (Wildman–Crippen MR) is 83.6 cm³/mol. The lowest BCUT2D eigenvalue weighted by atomic mass is 9.91. The molecule has 0 fully saturated rings. The maximum absolute atomic E-state index is 9.17. The Hall–Kier alpha value is -1.53. The van der Waals surface area contributed by atoms with Crippen LogP contribution >= 0.6 is 0 Å². The number of anilines is 1. The van der Waals surface area contributed by atoms with Crippen molar-refractivity contribution >= 4 is 5.69 Å². The second-order valence-corrected chi connectivity index (χ2v) is 6.57. The van der Waals surface area contributed by atoms with Gasteiger partial charge in [0.15, 0.2) is 0 Å². The van der Waals surface area contributed by atoms with Gasteiger partial charge in [0.2, 0.25) is 0 Å². The molecule has 0 N–H and O–H groups in total. The lowest BCUT2D eigenvalue weighted by Gasteiger charge is -2.30. The summed E-state index contributed by atoms with van der Waals surface area (Å²) in [4.78, 5) is 4.84. The number of hydrogen-bond acceptors (Lipinski definition) is 3. The van der Waals surface area contributed by atoms with Gasteiger partial charge in [-0.2, -0.15) is 5.26 Å². The molecular formula is C17H25N3. The number of fused-ring (bicyclic) bond motifs is 1. The van der Waals surface area contributed by atoms with Crippen LogP contribution in [0.3, 0.4) is 0 Å². The van der Waals surface area contributed by atoms with Crippen molar-refractivity contribution in [1.29, 1.82) is 5.26 Å². The van der Waals surface area contributed by atoms with Gasteiger partial charge in [-0.15, -0.1) is 0 Å². The second kappa shape index (κ2) is 5.85. The summed E-state index contributed by atoms with van der Waals surface area (Å²) >= 11 is 0. The predicted octanol–water partition coefficient (Wildman–Crippen LogP) is 3.27. The number of likely N-dealkylation sites (N-methyl/N-ethyl adjacent to an activating group) is 1. The van der Waals surface area contributed by atoms with Gasteiger partial charge in [-0.1, -0.05) is 18.2 Å². The van der Waals surface area contributed by atoms with Crippen LogP contribution in [0.25, 0.3) is 0 Å². The standard InChI is InChI=1S/C17H25N3/c1-14-11-19(4)16-8-6-5-7-15(16)12-20(14)10-9-17(2,3)13-18/h5-8,14H,9-12H2,1-4H3/t14-/m1/s1. The Labute approximate surface area is 122 Å². The summed E-state index contributed by atoms with van der Waals surface area (Å²) in [6.45, 7) is 9.31. The fourth-order valence-electron chi connectivity index (χ4n) is 2.78. The molecule has 1 heterocycles. The van der Waals surface area contributed by atoms with Gasteiger partial charge >= 0.3 is 0 Å². The molecule has 108 valence electrons. The lowest BCUT2D eigenvalue weighted by molar-refractivity contribution is 0.187. The van der Waals surface area contributed by atoms with E-state index in [0.29, 0.717) is 6.04 Å². The number of rotatable bonds is 3. The van der Waals surface area contributed by atoms with Crippen LogP contribution in [0.5, 0.6) is 0 Å². The molecule has 1 aliphatic rings. The molecule has 20 heavy (non-hydrogen) atoms. The maximum Gasteiger partial charge on any atom is 0.0684 e. The maximum atomic E-state index is 9.17. The number of hydrogen-bond donors (Lipinski definition) is 0. The van der Waals surface area contributed by atoms with Crippen molar-refractivity contribution in [3.05, 3.63) is 29.8 Å². The molecule has 0 aliphatic carbocycles. The van der Waals surface area contributed by atoms with E-state index in [1.54, 1.807) is 0 Å². The molecular weight excluding hydrogens is 246 g/mol. The molecule has 1 aliphatic heterocycles. The van der Waals surface area contributed by atoms with Gasteiger partial charge in [0.1, 0.15) is 0 Å². The van der Waals surface area contributed by atoms with Crippen molar-refractivity contribution in [2.45, 2.75) is 39.8 Å². The van der Waals surface area contributed by atoms with E-state index in [1.165, 1.54) is 11.3 Å². The molecule has 2 rings (SSSR count). The molecule has 0 radical (unpaired) electrons. The average molecular weight is 271 g/mol. The van der Waals surface area contributed by atoms with Crippen molar-refractivity contribution in [1.82, 2.24) is 4.90 Å². The fourth-order valence-corrected chi connectivity index (χ4v) is 2.78. The Kier molecular flexibility index (Phi) is 4.35. The molecule has 0 saturated heterocycles. The smallest absolute Gasteiger partial charge is 0.0684 e. The van der Waals surface area contributed by atoms with Crippen LogP contribution in [0.2, 0.25) is 0 Å². The SMILES string of the molecule is C[C@@H]1CN(C)c2ccccc2CN1CCC(C)(C)C#N. The Balaban J connectivity index is 2.14. The zero-order valence-corrected chi connectivity index (χ0v) is 13.1. The van der Waals surface area contributed by atoms with E-state index in [0.717, 1.165) is 26.1 Å². The van der Waals surface area contributed by atoms with Crippen LogP contribution in [0.4, 0.5) is 5.69 Å². The molecule has 0 spiro atoms. The largest absolute Gasteiger partial charge is 0.373 e. The summed E-state index contributed by atoms with van der Waals surface area (Å²) in [5.74, 6) is 0. The number of benzene rings is 1. The third-order valence-corrected chi connectivity index (χ3v) is 4.26. The third-order valence-electron chi connectivity index (χ3n) is 4.26. The summed E-state index contributed by atoms with van der Waals surface area (Å²) in [7, 11) is 2.16. The van der Waals surface area contributed by atoms with E-state index in [1.807, 2.05) is 13.8 Å². The first-order valence-corrected chi connectivity index (χ1v) is 7.37. The van der Waals surface area contributed by atoms with Crippen LogP contribution in [0.15, 0.2) is 24.3 Å². The number of nitriles is 1. The van der Waals surface area contributed by atoms with Gasteiger partial charge in [-0.25, -0.2) is 0 Å². The van der Waals surface area contributed by atoms with Gasteiger partial charge in [0.25, 0.3) is 0 Å². The zero-order chi connectivity index (χ0) is 14.8. The molecule has 0 amide bonds. The highest BCUT2D eigenvalue weighted by atomic mass is 15.2. The topological polar surface area (TPSA) is 30.3 Å². The zero-order valence-electron chi connectivity index (χ0n) is 13.1. The number of nitrogens with zero attached hydrogens (tertiary/aromatic N) is 3. The Morgan fingerprint density at radius 2 is 2.05 bits per heavy atom. The van der Waals surface area contributed by atoms with E-state index in [9.17, 15) is 0 Å². The third kappa shape index (κ3) is 3.32. The summed E-state index contributed by atoms with van der Waals surface area (Å²) in [6.07, 6.45) is 0.916. The summed E-state index contributed by atoms with van der Waals surface area (Å²) in [6, 6.07) is 11.5. The monoisotopic (exact) mass is 271 g/mol. The molecule has 1 aromatic carbocycles. The van der Waals surface area contributed by atoms with Crippen LogP contribution in [-0.2, 0) is 6.54 Å². The molecule has 0 saturated carbocycles. The van der Waals surface area contributed by atoms with Crippen molar-refractivity contribution in [3.63, 3.8) is 0 Å². The first-order chi connectivity index (χ1) is 9.43.